The zero-order valence-electron chi connectivity index (χ0n) is 17.4. The van der Waals surface area contributed by atoms with Crippen molar-refractivity contribution in [3.8, 4) is 0 Å². The van der Waals surface area contributed by atoms with E-state index in [4.69, 9.17) is 0 Å². The second-order valence-corrected chi connectivity index (χ2v) is 16.8. The smallest absolute Gasteiger partial charge is 1.00 e. The van der Waals surface area contributed by atoms with E-state index in [2.05, 4.69) is 77.2 Å². The SMILES string of the molecule is CC1=C2c3c(C)cccc3[CH]1[Zr+2][CH]1C(C)=C(c3c(C)cccc31)[Si]2(C)C.[Cl-].[Cl-]. The molecule has 4 bridgehead atoms. The summed E-state index contributed by atoms with van der Waals surface area (Å²) in [7, 11) is -1.75. The first-order valence-corrected chi connectivity index (χ1v) is 15.6. The van der Waals surface area contributed by atoms with Crippen LogP contribution in [0.25, 0.3) is 10.4 Å². The van der Waals surface area contributed by atoms with Crippen LogP contribution in [-0.2, 0) is 23.2 Å². The minimum Gasteiger partial charge on any atom is -1.00 e. The van der Waals surface area contributed by atoms with Crippen molar-refractivity contribution >= 4 is 18.5 Å². The summed E-state index contributed by atoms with van der Waals surface area (Å²) >= 11 is -0.673. The largest absolute Gasteiger partial charge is 1.00 e. The van der Waals surface area contributed by atoms with Crippen molar-refractivity contribution in [2.24, 2.45) is 0 Å². The van der Waals surface area contributed by atoms with Gasteiger partial charge in [0.2, 0.25) is 0 Å². The molecule has 5 rings (SSSR count). The number of benzene rings is 2. The number of halogens is 2. The molecule has 0 amide bonds. The average Bonchev–Trinajstić information content (AvgIpc) is 3.05. The van der Waals surface area contributed by atoms with E-state index in [-0.39, 0.29) is 24.8 Å². The molecule has 0 saturated carbocycles. The van der Waals surface area contributed by atoms with Crippen molar-refractivity contribution in [2.75, 3.05) is 0 Å². The van der Waals surface area contributed by atoms with E-state index >= 15 is 0 Å². The molecule has 2 aromatic rings. The number of allylic oxidation sites excluding steroid dienone is 2. The summed E-state index contributed by atoms with van der Waals surface area (Å²) in [6, 6.07) is 14.2. The molecule has 0 N–H and O–H groups in total. The van der Waals surface area contributed by atoms with Gasteiger partial charge in [-0.3, -0.25) is 0 Å². The van der Waals surface area contributed by atoms with E-state index in [1.54, 1.807) is 43.8 Å². The van der Waals surface area contributed by atoms with Gasteiger partial charge in [-0.1, -0.05) is 0 Å². The van der Waals surface area contributed by atoms with E-state index in [1.807, 2.05) is 0 Å². The Bertz CT molecular complexity index is 967. The molecule has 144 valence electrons. The summed E-state index contributed by atoms with van der Waals surface area (Å²) in [4.78, 5) is 0. The van der Waals surface area contributed by atoms with E-state index in [9.17, 15) is 0 Å². The van der Waals surface area contributed by atoms with E-state index in [0.717, 1.165) is 7.25 Å². The van der Waals surface area contributed by atoms with Crippen molar-refractivity contribution in [3.05, 3.63) is 80.9 Å². The predicted octanol–water partition coefficient (Wildman–Crippen LogP) is 0.551. The third-order valence-electron chi connectivity index (χ3n) is 6.97. The molecule has 2 unspecified atom stereocenters. The third kappa shape index (κ3) is 2.71. The first-order chi connectivity index (χ1) is 12.3. The molecule has 28 heavy (non-hydrogen) atoms. The topological polar surface area (TPSA) is 0 Å². The third-order valence-corrected chi connectivity index (χ3v) is 16.1. The molecular weight excluding hydrogens is 478 g/mol. The Morgan fingerprint density at radius 1 is 0.679 bits per heavy atom. The number of rotatable bonds is 0. The molecule has 1 heterocycles. The fourth-order valence-corrected chi connectivity index (χ4v) is 16.0. The molecule has 2 aromatic carbocycles. The van der Waals surface area contributed by atoms with Crippen LogP contribution < -0.4 is 24.8 Å². The molecule has 0 aromatic heterocycles. The maximum Gasteiger partial charge on any atom is -1.00 e. The van der Waals surface area contributed by atoms with Gasteiger partial charge in [0.05, 0.1) is 0 Å². The van der Waals surface area contributed by atoms with Crippen LogP contribution >= 0.6 is 0 Å². The Labute approximate surface area is 194 Å². The van der Waals surface area contributed by atoms with Gasteiger partial charge in [0.1, 0.15) is 0 Å². The van der Waals surface area contributed by atoms with Gasteiger partial charge in [0.25, 0.3) is 0 Å². The molecule has 0 nitrogen and oxygen atoms in total. The van der Waals surface area contributed by atoms with Gasteiger partial charge in [-0.25, -0.2) is 0 Å². The Kier molecular flexibility index (Phi) is 5.88. The van der Waals surface area contributed by atoms with E-state index in [1.165, 1.54) is 11.1 Å². The molecule has 3 aliphatic rings. The van der Waals surface area contributed by atoms with Crippen LogP contribution in [0.1, 0.15) is 54.5 Å². The normalized spacial score (nSPS) is 22.8. The van der Waals surface area contributed by atoms with Gasteiger partial charge in [-0.15, -0.1) is 0 Å². The fraction of sp³-hybridized carbons (Fsp3) is 0.333. The summed E-state index contributed by atoms with van der Waals surface area (Å²) < 4.78 is 1.53. The Balaban J connectivity index is 0.00000112. The number of fused-ring (bicyclic) bond motifs is 8. The van der Waals surface area contributed by atoms with Crippen LogP contribution in [-0.4, -0.2) is 8.07 Å². The van der Waals surface area contributed by atoms with Gasteiger partial charge in [0.15, 0.2) is 0 Å². The van der Waals surface area contributed by atoms with Crippen molar-refractivity contribution in [1.29, 1.82) is 0 Å². The molecule has 1 aliphatic heterocycles. The van der Waals surface area contributed by atoms with Gasteiger partial charge >= 0.3 is 171 Å². The van der Waals surface area contributed by atoms with Crippen molar-refractivity contribution < 1.29 is 48.0 Å². The molecule has 0 fully saturated rings. The maximum atomic E-state index is 2.62. The summed E-state index contributed by atoms with van der Waals surface area (Å²) in [5, 5.41) is 3.56. The average molecular weight is 505 g/mol. The van der Waals surface area contributed by atoms with Crippen LogP contribution in [0, 0.1) is 13.8 Å². The summed E-state index contributed by atoms with van der Waals surface area (Å²) in [6.07, 6.45) is 0. The molecule has 4 heteroatoms. The first kappa shape index (κ1) is 22.3. The van der Waals surface area contributed by atoms with E-state index in [0.29, 0.717) is 0 Å². The fourth-order valence-electron chi connectivity index (χ4n) is 6.03. The summed E-state index contributed by atoms with van der Waals surface area (Å²) in [5.74, 6) is 0. The quantitative estimate of drug-likeness (QED) is 0.460. The van der Waals surface area contributed by atoms with Crippen molar-refractivity contribution in [2.45, 2.75) is 48.0 Å². The molecule has 2 atom stereocenters. The minimum atomic E-state index is -1.75. The van der Waals surface area contributed by atoms with Crippen molar-refractivity contribution in [3.63, 3.8) is 0 Å². The zero-order chi connectivity index (χ0) is 18.4. The van der Waals surface area contributed by atoms with Crippen LogP contribution in [0.4, 0.5) is 0 Å². The molecule has 0 spiro atoms. The summed E-state index contributed by atoms with van der Waals surface area (Å²) in [6.45, 7) is 14.9. The van der Waals surface area contributed by atoms with Gasteiger partial charge in [-0.2, -0.15) is 0 Å². The first-order valence-electron chi connectivity index (χ1n) is 9.72. The summed E-state index contributed by atoms with van der Waals surface area (Å²) in [5.41, 5.74) is 13.2. The van der Waals surface area contributed by atoms with Crippen LogP contribution in [0.2, 0.25) is 13.1 Å². The second kappa shape index (κ2) is 7.38. The standard InChI is InChI=1S/C24H26Si.2ClH.Zr/c1-15-9-7-11-19-13-17(3)23(21(15)19)25(5,6)24-18(4)14-20-12-8-10-16(2)22(20)24;;;/h7-14H,1-6H3;2*1H;/q;;;+2/p-2. The van der Waals surface area contributed by atoms with Gasteiger partial charge < -0.3 is 24.8 Å². The Morgan fingerprint density at radius 2 is 1.07 bits per heavy atom. The van der Waals surface area contributed by atoms with Crippen LogP contribution in [0.15, 0.2) is 47.5 Å². The Hall–Kier alpha value is -0.400. The number of hydrogen-bond acceptors (Lipinski definition) is 0. The maximum absolute atomic E-state index is 2.62. The van der Waals surface area contributed by atoms with Crippen molar-refractivity contribution in [1.82, 2.24) is 0 Å². The van der Waals surface area contributed by atoms with Gasteiger partial charge in [-0.05, 0) is 0 Å². The number of hydrogen-bond donors (Lipinski definition) is 0. The Morgan fingerprint density at radius 3 is 1.46 bits per heavy atom. The van der Waals surface area contributed by atoms with E-state index < -0.39 is 31.3 Å². The second-order valence-electron chi connectivity index (χ2n) is 8.85. The van der Waals surface area contributed by atoms with Crippen LogP contribution in [0.5, 0.6) is 0 Å². The zero-order valence-corrected chi connectivity index (χ0v) is 22.3. The molecule has 0 saturated heterocycles. The minimum absolute atomic E-state index is 0. The molecule has 0 radical (unpaired) electrons. The monoisotopic (exact) mass is 502 g/mol. The molecular formula is C24H26Cl2SiZr. The number of aryl methyl sites for hydroxylation is 2. The van der Waals surface area contributed by atoms with Crippen LogP contribution in [0.3, 0.4) is 0 Å². The predicted molar refractivity (Wildman–Crippen MR) is 111 cm³/mol. The molecule has 2 aliphatic carbocycles. The van der Waals surface area contributed by atoms with Gasteiger partial charge in [0, 0.05) is 0 Å².